The van der Waals surface area contributed by atoms with Crippen LogP contribution < -0.4 is 0 Å². The zero-order valence-corrected chi connectivity index (χ0v) is 14.1. The molecule has 7 heteroatoms. The van der Waals surface area contributed by atoms with Gasteiger partial charge >= 0.3 is 8.80 Å². The van der Waals surface area contributed by atoms with Gasteiger partial charge in [0, 0.05) is 27.0 Å². The van der Waals surface area contributed by atoms with E-state index in [-0.39, 0.29) is 0 Å². The van der Waals surface area contributed by atoms with E-state index in [0.717, 1.165) is 5.67 Å². The molecule has 0 heterocycles. The van der Waals surface area contributed by atoms with Gasteiger partial charge in [-0.25, -0.2) is 0 Å². The molecule has 92 valence electrons. The summed E-state index contributed by atoms with van der Waals surface area (Å²) in [6, 6.07) is 0. The van der Waals surface area contributed by atoms with Crippen LogP contribution >= 0.6 is 0 Å². The van der Waals surface area contributed by atoms with Crippen molar-refractivity contribution in [2.24, 2.45) is 0 Å². The van der Waals surface area contributed by atoms with E-state index < -0.39 is 26.2 Å². The third kappa shape index (κ3) is 5.95. The number of hydrogen-bond acceptors (Lipinski definition) is 4. The van der Waals surface area contributed by atoms with Crippen LogP contribution in [-0.2, 0) is 17.4 Å². The Balaban J connectivity index is 4.29. The van der Waals surface area contributed by atoms with Crippen molar-refractivity contribution in [2.75, 3.05) is 21.3 Å². The Morgan fingerprint density at radius 1 is 0.933 bits per heavy atom. The van der Waals surface area contributed by atoms with Crippen molar-refractivity contribution in [3.8, 4) is 0 Å². The highest BCUT2D eigenvalue weighted by Crippen LogP contribution is 2.17. The first-order valence-corrected chi connectivity index (χ1v) is 12.9. The van der Waals surface area contributed by atoms with E-state index in [1.807, 2.05) is 0 Å². The van der Waals surface area contributed by atoms with Gasteiger partial charge in [0.15, 0.2) is 17.4 Å². The molecule has 4 nitrogen and oxygen atoms in total. The predicted octanol–water partition coefficient (Wildman–Crippen LogP) is 1.61. The maximum atomic E-state index is 6.07. The normalized spacial score (nSPS) is 15.4. The van der Waals surface area contributed by atoms with Crippen LogP contribution in [-0.4, -0.2) is 47.5 Å². The Morgan fingerprint density at radius 3 is 1.60 bits per heavy atom. The van der Waals surface area contributed by atoms with E-state index in [2.05, 4.69) is 26.2 Å². The Morgan fingerprint density at radius 2 is 1.33 bits per heavy atom. The molecule has 0 rings (SSSR count). The second-order valence-electron chi connectivity index (χ2n) is 4.54. The summed E-state index contributed by atoms with van der Waals surface area (Å²) in [7, 11) is -0.176. The standard InChI is InChI=1S/C8H24O4Si3/c1-9-15(10-2,11-3)8-13(4)12-14(5,6)7/h13H,8H2,1-7H3. The van der Waals surface area contributed by atoms with Gasteiger partial charge in [-0.2, -0.15) is 0 Å². The fraction of sp³-hybridized carbons (Fsp3) is 1.00. The Hall–Kier alpha value is 0.491. The smallest absolute Gasteiger partial charge is 0.458 e. The van der Waals surface area contributed by atoms with Crippen molar-refractivity contribution in [3.63, 3.8) is 0 Å². The molecule has 0 fully saturated rings. The first-order valence-electron chi connectivity index (χ1n) is 5.12. The average Bonchev–Trinajstić information content (AvgIpc) is 2.11. The fourth-order valence-electron chi connectivity index (χ4n) is 1.50. The maximum Gasteiger partial charge on any atom is 0.499 e. The van der Waals surface area contributed by atoms with Crippen LogP contribution in [0.25, 0.3) is 0 Å². The summed E-state index contributed by atoms with van der Waals surface area (Å²) in [5.41, 5.74) is 0.834. The summed E-state index contributed by atoms with van der Waals surface area (Å²) >= 11 is 0. The van der Waals surface area contributed by atoms with Gasteiger partial charge in [-0.3, -0.25) is 0 Å². The van der Waals surface area contributed by atoms with Gasteiger partial charge in [0.05, 0.1) is 0 Å². The first-order chi connectivity index (χ1) is 6.78. The van der Waals surface area contributed by atoms with Crippen LogP contribution in [0.4, 0.5) is 0 Å². The summed E-state index contributed by atoms with van der Waals surface area (Å²) in [4.78, 5) is 0. The fourth-order valence-corrected chi connectivity index (χ4v) is 12.7. The monoisotopic (exact) mass is 268 g/mol. The zero-order valence-electron chi connectivity index (χ0n) is 10.9. The van der Waals surface area contributed by atoms with E-state index in [4.69, 9.17) is 17.4 Å². The van der Waals surface area contributed by atoms with Crippen molar-refractivity contribution in [2.45, 2.75) is 31.9 Å². The van der Waals surface area contributed by atoms with E-state index in [1.165, 1.54) is 0 Å². The van der Waals surface area contributed by atoms with Gasteiger partial charge in [-0.15, -0.1) is 0 Å². The van der Waals surface area contributed by atoms with E-state index >= 15 is 0 Å². The molecule has 1 atom stereocenters. The third-order valence-electron chi connectivity index (χ3n) is 2.03. The minimum atomic E-state index is -2.42. The molecule has 0 aliphatic carbocycles. The Labute approximate surface area is 97.1 Å². The molecule has 0 aromatic rings. The minimum absolute atomic E-state index is 0.834. The van der Waals surface area contributed by atoms with Gasteiger partial charge in [-0.05, 0) is 26.2 Å². The quantitative estimate of drug-likeness (QED) is 0.657. The van der Waals surface area contributed by atoms with Crippen molar-refractivity contribution in [1.29, 1.82) is 0 Å². The lowest BCUT2D eigenvalue weighted by atomic mass is 11.8. The molecule has 0 aliphatic heterocycles. The summed E-state index contributed by atoms with van der Waals surface area (Å²) in [5.74, 6) is 0. The molecule has 0 N–H and O–H groups in total. The largest absolute Gasteiger partial charge is 0.499 e. The minimum Gasteiger partial charge on any atom is -0.458 e. The van der Waals surface area contributed by atoms with Gasteiger partial charge in [-0.1, -0.05) is 0 Å². The Kier molecular flexibility index (Phi) is 6.49. The predicted molar refractivity (Wildman–Crippen MR) is 69.0 cm³/mol. The molecule has 0 spiro atoms. The molecule has 0 bridgehead atoms. The van der Waals surface area contributed by atoms with Crippen molar-refractivity contribution in [1.82, 2.24) is 0 Å². The molecule has 0 aromatic heterocycles. The lowest BCUT2D eigenvalue weighted by Crippen LogP contribution is -2.48. The molecular formula is C8H24O4Si3. The highest BCUT2D eigenvalue weighted by atomic mass is 28.4. The second kappa shape index (κ2) is 6.28. The van der Waals surface area contributed by atoms with Crippen molar-refractivity contribution >= 4 is 26.2 Å². The number of rotatable bonds is 7. The van der Waals surface area contributed by atoms with Crippen LogP contribution in [0.15, 0.2) is 0 Å². The van der Waals surface area contributed by atoms with Crippen LogP contribution in [0.5, 0.6) is 0 Å². The SMILES string of the molecule is CO[Si](C[SiH](C)O[Si](C)(C)C)(OC)OC. The highest BCUT2D eigenvalue weighted by molar-refractivity contribution is 6.82. The molecule has 0 aliphatic rings. The molecule has 0 aromatic carbocycles. The maximum absolute atomic E-state index is 6.07. The zero-order chi connectivity index (χ0) is 12.1. The van der Waals surface area contributed by atoms with Gasteiger partial charge in [0.25, 0.3) is 0 Å². The molecular weight excluding hydrogens is 244 g/mol. The third-order valence-corrected chi connectivity index (χ3v) is 12.6. The lowest BCUT2D eigenvalue weighted by molar-refractivity contribution is 0.128. The topological polar surface area (TPSA) is 36.9 Å². The number of hydrogen-bond donors (Lipinski definition) is 0. The first kappa shape index (κ1) is 15.5. The second-order valence-corrected chi connectivity index (χ2v) is 15.6. The van der Waals surface area contributed by atoms with Crippen LogP contribution in [0, 0.1) is 0 Å². The molecule has 0 saturated carbocycles. The van der Waals surface area contributed by atoms with Crippen LogP contribution in [0.2, 0.25) is 31.9 Å². The summed E-state index contributed by atoms with van der Waals surface area (Å²) in [6.07, 6.45) is 0. The highest BCUT2D eigenvalue weighted by Gasteiger charge is 2.41. The summed E-state index contributed by atoms with van der Waals surface area (Å²) in [5, 5.41) is 0. The van der Waals surface area contributed by atoms with Crippen LogP contribution in [0.1, 0.15) is 0 Å². The molecule has 0 saturated heterocycles. The Bertz CT molecular complexity index is 171. The molecule has 1 unspecified atom stereocenters. The van der Waals surface area contributed by atoms with Crippen molar-refractivity contribution in [3.05, 3.63) is 0 Å². The molecule has 15 heavy (non-hydrogen) atoms. The van der Waals surface area contributed by atoms with E-state index in [9.17, 15) is 0 Å². The van der Waals surface area contributed by atoms with Gasteiger partial charge < -0.3 is 17.4 Å². The van der Waals surface area contributed by atoms with Gasteiger partial charge in [0.1, 0.15) is 0 Å². The summed E-state index contributed by atoms with van der Waals surface area (Å²) in [6.45, 7) is 8.78. The molecule has 0 amide bonds. The van der Waals surface area contributed by atoms with E-state index in [1.54, 1.807) is 21.3 Å². The van der Waals surface area contributed by atoms with Crippen molar-refractivity contribution < 1.29 is 17.4 Å². The molecule has 0 radical (unpaired) electrons. The average molecular weight is 269 g/mol. The lowest BCUT2D eigenvalue weighted by Gasteiger charge is -2.29. The van der Waals surface area contributed by atoms with E-state index in [0.29, 0.717) is 0 Å². The summed E-state index contributed by atoms with van der Waals surface area (Å²) < 4.78 is 22.2. The van der Waals surface area contributed by atoms with Gasteiger partial charge in [0.2, 0.25) is 0 Å². The van der Waals surface area contributed by atoms with Crippen LogP contribution in [0.3, 0.4) is 0 Å².